The number of hydrogen-bond donors (Lipinski definition) is 0. The van der Waals surface area contributed by atoms with Gasteiger partial charge in [-0.05, 0) is 33.6 Å². The van der Waals surface area contributed by atoms with Crippen molar-refractivity contribution in [3.8, 4) is 0 Å². The first-order valence-electron chi connectivity index (χ1n) is 8.29. The average molecular weight is 341 g/mol. The van der Waals surface area contributed by atoms with E-state index in [0.717, 1.165) is 0 Å². The summed E-state index contributed by atoms with van der Waals surface area (Å²) >= 11 is 0. The van der Waals surface area contributed by atoms with E-state index in [0.29, 0.717) is 32.5 Å². The van der Waals surface area contributed by atoms with Crippen molar-refractivity contribution in [2.75, 3.05) is 26.3 Å². The van der Waals surface area contributed by atoms with Crippen molar-refractivity contribution in [2.45, 2.75) is 45.8 Å². The zero-order chi connectivity index (χ0) is 18.1. The van der Waals surface area contributed by atoms with Gasteiger partial charge in [0.05, 0.1) is 19.1 Å². The van der Waals surface area contributed by atoms with Crippen molar-refractivity contribution in [3.63, 3.8) is 0 Å². The quantitative estimate of drug-likeness (QED) is 0.489. The molecule has 0 aromatic heterocycles. The van der Waals surface area contributed by atoms with E-state index in [1.807, 2.05) is 0 Å². The molecule has 0 bridgehead atoms. The van der Waals surface area contributed by atoms with Gasteiger partial charge in [0, 0.05) is 13.1 Å². The normalized spacial score (nSPS) is 20.0. The van der Waals surface area contributed by atoms with Crippen molar-refractivity contribution in [1.29, 1.82) is 0 Å². The zero-order valence-corrected chi connectivity index (χ0v) is 14.7. The maximum atomic E-state index is 12.4. The Balaban J connectivity index is 2.53. The maximum Gasteiger partial charge on any atom is 0.335 e. The van der Waals surface area contributed by atoms with Gasteiger partial charge in [0.25, 0.3) is 5.91 Å². The number of ether oxygens (including phenoxy) is 3. The molecular formula is C17H27NO6. The summed E-state index contributed by atoms with van der Waals surface area (Å²) in [5.74, 6) is -1.52. The number of carbonyl (C=O) groups excluding carboxylic acids is 3. The molecule has 1 aliphatic heterocycles. The number of esters is 2. The van der Waals surface area contributed by atoms with Crippen molar-refractivity contribution in [1.82, 2.24) is 4.90 Å². The largest absolute Gasteiger partial charge is 0.466 e. The summed E-state index contributed by atoms with van der Waals surface area (Å²) in [6.07, 6.45) is 1.25. The lowest BCUT2D eigenvalue weighted by Crippen LogP contribution is -2.47. The van der Waals surface area contributed by atoms with Crippen molar-refractivity contribution in [2.24, 2.45) is 5.92 Å². The fourth-order valence-electron chi connectivity index (χ4n) is 2.49. The Hall–Kier alpha value is -1.89. The summed E-state index contributed by atoms with van der Waals surface area (Å²) in [5, 5.41) is 0. The lowest BCUT2D eigenvalue weighted by atomic mass is 9.98. The van der Waals surface area contributed by atoms with E-state index in [4.69, 9.17) is 14.2 Å². The van der Waals surface area contributed by atoms with Gasteiger partial charge in [-0.25, -0.2) is 4.79 Å². The lowest BCUT2D eigenvalue weighted by molar-refractivity contribution is -0.168. The third-order valence-corrected chi connectivity index (χ3v) is 3.79. The molecule has 7 heteroatoms. The van der Waals surface area contributed by atoms with E-state index in [1.54, 1.807) is 18.7 Å². The Morgan fingerprint density at radius 1 is 1.29 bits per heavy atom. The molecule has 1 aliphatic rings. The molecule has 1 amide bonds. The summed E-state index contributed by atoms with van der Waals surface area (Å²) < 4.78 is 15.4. The number of hydrogen-bond acceptors (Lipinski definition) is 6. The van der Waals surface area contributed by atoms with E-state index in [9.17, 15) is 14.4 Å². The van der Waals surface area contributed by atoms with Crippen LogP contribution in [0.25, 0.3) is 0 Å². The molecule has 0 saturated carbocycles. The molecule has 24 heavy (non-hydrogen) atoms. The molecule has 0 aromatic carbocycles. The van der Waals surface area contributed by atoms with Crippen LogP contribution in [0.15, 0.2) is 12.7 Å². The molecule has 1 saturated heterocycles. The number of likely N-dealkylation sites (tertiary alicyclic amines) is 1. The fourth-order valence-corrected chi connectivity index (χ4v) is 2.49. The van der Waals surface area contributed by atoms with E-state index in [1.165, 1.54) is 13.0 Å². The highest BCUT2D eigenvalue weighted by Crippen LogP contribution is 2.19. The minimum atomic E-state index is -0.923. The van der Waals surface area contributed by atoms with Crippen LogP contribution in [-0.2, 0) is 28.6 Å². The number of carbonyl (C=O) groups is 3. The van der Waals surface area contributed by atoms with Crippen molar-refractivity contribution >= 4 is 17.8 Å². The van der Waals surface area contributed by atoms with Gasteiger partial charge in [0.2, 0.25) is 0 Å². The van der Waals surface area contributed by atoms with E-state index in [2.05, 4.69) is 6.58 Å². The number of nitrogens with zero attached hydrogens (tertiary/aromatic N) is 1. The maximum absolute atomic E-state index is 12.4. The molecular weight excluding hydrogens is 314 g/mol. The molecule has 1 fully saturated rings. The second kappa shape index (κ2) is 10.1. The third kappa shape index (κ3) is 5.96. The highest BCUT2D eigenvalue weighted by atomic mass is 16.6. The summed E-state index contributed by atoms with van der Waals surface area (Å²) in [6.45, 7) is 9.71. The van der Waals surface area contributed by atoms with E-state index in [-0.39, 0.29) is 24.4 Å². The van der Waals surface area contributed by atoms with Gasteiger partial charge in [0.15, 0.2) is 12.2 Å². The van der Waals surface area contributed by atoms with Gasteiger partial charge in [-0.1, -0.05) is 6.08 Å². The van der Waals surface area contributed by atoms with Crippen LogP contribution < -0.4 is 0 Å². The Labute approximate surface area is 142 Å². The van der Waals surface area contributed by atoms with Crippen LogP contribution in [0.3, 0.4) is 0 Å². The number of piperidine rings is 1. The van der Waals surface area contributed by atoms with Crippen LogP contribution in [-0.4, -0.2) is 61.3 Å². The first-order chi connectivity index (χ1) is 11.4. The zero-order valence-electron chi connectivity index (χ0n) is 14.7. The predicted octanol–water partition coefficient (Wildman–Crippen LogP) is 1.31. The summed E-state index contributed by atoms with van der Waals surface area (Å²) in [7, 11) is 0. The topological polar surface area (TPSA) is 82.1 Å². The van der Waals surface area contributed by atoms with Crippen LogP contribution >= 0.6 is 0 Å². The SMILES string of the molecule is C=CCOC(C)C(=O)OC(C)C(=O)N1CCCC(C(=O)OCC)C1. The molecule has 0 radical (unpaired) electrons. The smallest absolute Gasteiger partial charge is 0.335 e. The summed E-state index contributed by atoms with van der Waals surface area (Å²) in [5.41, 5.74) is 0. The molecule has 0 spiro atoms. The fraction of sp³-hybridized carbons (Fsp3) is 0.706. The van der Waals surface area contributed by atoms with E-state index >= 15 is 0 Å². The van der Waals surface area contributed by atoms with Crippen LogP contribution in [0.5, 0.6) is 0 Å². The number of rotatable bonds is 8. The molecule has 1 heterocycles. The highest BCUT2D eigenvalue weighted by molar-refractivity contribution is 5.85. The van der Waals surface area contributed by atoms with Gasteiger partial charge in [0.1, 0.15) is 0 Å². The summed E-state index contributed by atoms with van der Waals surface area (Å²) in [4.78, 5) is 37.7. The Morgan fingerprint density at radius 3 is 2.62 bits per heavy atom. The molecule has 3 atom stereocenters. The van der Waals surface area contributed by atoms with Gasteiger partial charge in [-0.15, -0.1) is 6.58 Å². The molecule has 7 nitrogen and oxygen atoms in total. The van der Waals surface area contributed by atoms with Crippen LogP contribution in [0.1, 0.15) is 33.6 Å². The van der Waals surface area contributed by atoms with E-state index < -0.39 is 18.2 Å². The molecule has 0 aliphatic carbocycles. The first kappa shape index (κ1) is 20.2. The van der Waals surface area contributed by atoms with Gasteiger partial charge in [-0.2, -0.15) is 0 Å². The van der Waals surface area contributed by atoms with Gasteiger partial charge < -0.3 is 19.1 Å². The molecule has 1 rings (SSSR count). The van der Waals surface area contributed by atoms with Gasteiger partial charge in [-0.3, -0.25) is 9.59 Å². The van der Waals surface area contributed by atoms with Crippen LogP contribution in [0.4, 0.5) is 0 Å². The molecule has 3 unspecified atom stereocenters. The Kier molecular flexibility index (Phi) is 8.46. The molecule has 0 aromatic rings. The monoisotopic (exact) mass is 341 g/mol. The van der Waals surface area contributed by atoms with Gasteiger partial charge >= 0.3 is 11.9 Å². The van der Waals surface area contributed by atoms with Crippen molar-refractivity contribution < 1.29 is 28.6 Å². The second-order valence-corrected chi connectivity index (χ2v) is 5.72. The second-order valence-electron chi connectivity index (χ2n) is 5.72. The minimum absolute atomic E-state index is 0.228. The highest BCUT2D eigenvalue weighted by Gasteiger charge is 2.32. The third-order valence-electron chi connectivity index (χ3n) is 3.79. The van der Waals surface area contributed by atoms with Crippen LogP contribution in [0, 0.1) is 5.92 Å². The minimum Gasteiger partial charge on any atom is -0.466 e. The lowest BCUT2D eigenvalue weighted by Gasteiger charge is -2.33. The Morgan fingerprint density at radius 2 is 2.00 bits per heavy atom. The standard InChI is InChI=1S/C17H27NO6/c1-5-10-23-13(4)16(20)24-12(3)15(19)18-9-7-8-14(11-18)17(21)22-6-2/h5,12-14H,1,6-11H2,2-4H3. The first-order valence-corrected chi connectivity index (χ1v) is 8.29. The predicted molar refractivity (Wildman–Crippen MR) is 87.1 cm³/mol. The Bertz CT molecular complexity index is 464. The average Bonchev–Trinajstić information content (AvgIpc) is 2.59. The summed E-state index contributed by atoms with van der Waals surface area (Å²) in [6, 6.07) is 0. The van der Waals surface area contributed by atoms with Crippen molar-refractivity contribution in [3.05, 3.63) is 12.7 Å². The molecule has 136 valence electrons. The molecule has 0 N–H and O–H groups in total. The number of amides is 1. The van der Waals surface area contributed by atoms with Crippen LogP contribution in [0.2, 0.25) is 0 Å².